The molecule has 0 N–H and O–H groups in total. The summed E-state index contributed by atoms with van der Waals surface area (Å²) in [6, 6.07) is 0. The maximum atomic E-state index is 3.67. The maximum Gasteiger partial charge on any atom is -0.0242 e. The van der Waals surface area contributed by atoms with Crippen LogP contribution in [0.5, 0.6) is 0 Å². The van der Waals surface area contributed by atoms with E-state index in [9.17, 15) is 0 Å². The topological polar surface area (TPSA) is 0 Å². The van der Waals surface area contributed by atoms with Gasteiger partial charge in [-0.2, -0.15) is 10.5 Å². The van der Waals surface area contributed by atoms with E-state index in [-0.39, 0.29) is 0 Å². The Kier molecular flexibility index (Phi) is 9.44. The molecule has 0 saturated carbocycles. The second-order valence-corrected chi connectivity index (χ2v) is 4.16. The monoisotopic (exact) mass is 132 g/mol. The lowest BCUT2D eigenvalue weighted by atomic mass is 10.4. The van der Waals surface area contributed by atoms with Crippen LogP contribution in [0, 0.1) is 0 Å². The normalized spacial score (nSPS) is 7.62. The SMILES string of the molecule is C=C(C)C.C=S(C)C. The molecule has 0 unspecified atom stereocenters. The van der Waals surface area contributed by atoms with Crippen molar-refractivity contribution < 1.29 is 0 Å². The Labute approximate surface area is 55.5 Å². The minimum absolute atomic E-state index is 0.389. The smallest absolute Gasteiger partial charge is 0.0242 e. The van der Waals surface area contributed by atoms with Crippen molar-refractivity contribution in [1.29, 1.82) is 0 Å². The van der Waals surface area contributed by atoms with E-state index < -0.39 is 0 Å². The first kappa shape index (κ1) is 10.9. The molecule has 0 fully saturated rings. The standard InChI is InChI=1S/C4H8.C3H8S/c2*1-4(2)3/h2*1H2,2-3H3. The lowest BCUT2D eigenvalue weighted by Crippen LogP contribution is -1.43. The molecular formula is C7H16S. The molecule has 0 aromatic carbocycles. The van der Waals surface area contributed by atoms with Crippen molar-refractivity contribution in [3.63, 3.8) is 0 Å². The van der Waals surface area contributed by atoms with Crippen molar-refractivity contribution in [3.05, 3.63) is 12.2 Å². The van der Waals surface area contributed by atoms with Crippen molar-refractivity contribution in [3.8, 4) is 0 Å². The minimum Gasteiger partial charge on any atom is -0.199 e. The van der Waals surface area contributed by atoms with Gasteiger partial charge in [0.15, 0.2) is 0 Å². The fourth-order valence-electron chi connectivity index (χ4n) is 0. The van der Waals surface area contributed by atoms with Crippen LogP contribution in [-0.2, 0) is 0 Å². The van der Waals surface area contributed by atoms with Gasteiger partial charge in [0.25, 0.3) is 0 Å². The summed E-state index contributed by atoms with van der Waals surface area (Å²) in [7, 11) is 0.389. The minimum atomic E-state index is 0.389. The third-order valence-electron chi connectivity index (χ3n) is 0. The first-order valence-corrected chi connectivity index (χ1v) is 4.67. The zero-order chi connectivity index (χ0) is 7.15. The van der Waals surface area contributed by atoms with E-state index in [0.29, 0.717) is 10.5 Å². The molecule has 0 aliphatic heterocycles. The average molecular weight is 132 g/mol. The van der Waals surface area contributed by atoms with Gasteiger partial charge in [-0.05, 0) is 26.4 Å². The van der Waals surface area contributed by atoms with Crippen molar-refractivity contribution in [2.45, 2.75) is 13.8 Å². The molecule has 0 nitrogen and oxygen atoms in total. The van der Waals surface area contributed by atoms with Crippen LogP contribution >= 0.6 is 10.5 Å². The van der Waals surface area contributed by atoms with E-state index in [0.717, 1.165) is 0 Å². The molecule has 0 bridgehead atoms. The summed E-state index contributed by atoms with van der Waals surface area (Å²) in [6.07, 6.45) is 4.17. The summed E-state index contributed by atoms with van der Waals surface area (Å²) in [5, 5.41) is 0. The van der Waals surface area contributed by atoms with Gasteiger partial charge in [0.05, 0.1) is 0 Å². The number of hydrogen-bond donors (Lipinski definition) is 0. The summed E-state index contributed by atoms with van der Waals surface area (Å²) in [5.41, 5.74) is 1.17. The van der Waals surface area contributed by atoms with Crippen molar-refractivity contribution in [2.24, 2.45) is 0 Å². The van der Waals surface area contributed by atoms with Gasteiger partial charge in [-0.15, -0.1) is 6.58 Å². The van der Waals surface area contributed by atoms with Gasteiger partial charge in [-0.3, -0.25) is 0 Å². The molecular weight excluding hydrogens is 116 g/mol. The van der Waals surface area contributed by atoms with Crippen LogP contribution in [0.4, 0.5) is 0 Å². The molecule has 0 aromatic rings. The Bertz CT molecular complexity index is 62.4. The lowest BCUT2D eigenvalue weighted by molar-refractivity contribution is 1.42. The highest BCUT2D eigenvalue weighted by atomic mass is 32.2. The zero-order valence-electron chi connectivity index (χ0n) is 6.32. The Balaban J connectivity index is 0. The number of hydrogen-bond acceptors (Lipinski definition) is 0. The van der Waals surface area contributed by atoms with E-state index in [1.54, 1.807) is 0 Å². The van der Waals surface area contributed by atoms with Crippen molar-refractivity contribution in [2.75, 3.05) is 12.5 Å². The van der Waals surface area contributed by atoms with Crippen LogP contribution in [0.1, 0.15) is 13.8 Å². The van der Waals surface area contributed by atoms with Crippen LogP contribution in [0.15, 0.2) is 12.2 Å². The fraction of sp³-hybridized carbons (Fsp3) is 0.571. The zero-order valence-corrected chi connectivity index (χ0v) is 7.14. The predicted octanol–water partition coefficient (Wildman–Crippen LogP) is 2.53. The van der Waals surface area contributed by atoms with Crippen molar-refractivity contribution >= 4 is 16.4 Å². The lowest BCUT2D eigenvalue weighted by Gasteiger charge is -1.70. The van der Waals surface area contributed by atoms with Gasteiger partial charge in [-0.1, -0.05) is 11.4 Å². The van der Waals surface area contributed by atoms with E-state index in [1.165, 1.54) is 5.57 Å². The van der Waals surface area contributed by atoms with Crippen molar-refractivity contribution in [1.82, 2.24) is 0 Å². The van der Waals surface area contributed by atoms with Crippen LogP contribution in [-0.4, -0.2) is 18.4 Å². The van der Waals surface area contributed by atoms with Crippen LogP contribution < -0.4 is 0 Å². The first-order valence-electron chi connectivity index (χ1n) is 2.46. The average Bonchev–Trinajstić information content (AvgIpc) is 1.25. The largest absolute Gasteiger partial charge is 0.199 e. The first-order chi connectivity index (χ1) is 3.46. The molecule has 1 heteroatoms. The Morgan fingerprint density at radius 3 is 1.25 bits per heavy atom. The van der Waals surface area contributed by atoms with E-state index in [4.69, 9.17) is 0 Å². The Morgan fingerprint density at radius 1 is 1.25 bits per heavy atom. The second kappa shape index (κ2) is 6.96. The van der Waals surface area contributed by atoms with E-state index in [2.05, 4.69) is 25.0 Å². The number of allylic oxidation sites excluding steroid dienone is 1. The highest BCUT2D eigenvalue weighted by Crippen LogP contribution is 1.86. The third-order valence-corrected chi connectivity index (χ3v) is 0. The van der Waals surface area contributed by atoms with Gasteiger partial charge in [0.2, 0.25) is 0 Å². The molecule has 0 atom stereocenters. The van der Waals surface area contributed by atoms with Gasteiger partial charge in [-0.25, -0.2) is 0 Å². The molecule has 0 aliphatic rings. The molecule has 0 rings (SSSR count). The van der Waals surface area contributed by atoms with Gasteiger partial charge >= 0.3 is 0 Å². The summed E-state index contributed by atoms with van der Waals surface area (Å²) >= 11 is 0. The predicted molar refractivity (Wildman–Crippen MR) is 47.0 cm³/mol. The van der Waals surface area contributed by atoms with Gasteiger partial charge < -0.3 is 0 Å². The summed E-state index contributed by atoms with van der Waals surface area (Å²) < 4.78 is 0. The maximum absolute atomic E-state index is 3.67. The van der Waals surface area contributed by atoms with E-state index in [1.807, 2.05) is 13.8 Å². The highest BCUT2D eigenvalue weighted by molar-refractivity contribution is 8.12. The molecule has 8 heavy (non-hydrogen) atoms. The highest BCUT2D eigenvalue weighted by Gasteiger charge is 1.51. The van der Waals surface area contributed by atoms with Crippen LogP contribution in [0.2, 0.25) is 0 Å². The molecule has 50 valence electrons. The molecule has 0 aliphatic carbocycles. The van der Waals surface area contributed by atoms with Gasteiger partial charge in [0, 0.05) is 0 Å². The molecule has 0 amide bonds. The van der Waals surface area contributed by atoms with Crippen LogP contribution in [0.25, 0.3) is 0 Å². The summed E-state index contributed by atoms with van der Waals surface area (Å²) in [4.78, 5) is 0. The van der Waals surface area contributed by atoms with Gasteiger partial charge in [0.1, 0.15) is 0 Å². The third kappa shape index (κ3) is 91600. The fourth-order valence-corrected chi connectivity index (χ4v) is 0. The van der Waals surface area contributed by atoms with E-state index >= 15 is 0 Å². The molecule has 0 heterocycles. The Morgan fingerprint density at radius 2 is 1.25 bits per heavy atom. The Hall–Kier alpha value is -0.0400. The second-order valence-electron chi connectivity index (χ2n) is 2.19. The molecule has 0 aromatic heterocycles. The molecule has 0 radical (unpaired) electrons. The summed E-state index contributed by atoms with van der Waals surface area (Å²) in [6.45, 7) is 7.50. The molecule has 0 saturated heterocycles. The quantitative estimate of drug-likeness (QED) is 0.351. The van der Waals surface area contributed by atoms with Crippen LogP contribution in [0.3, 0.4) is 0 Å². The number of rotatable bonds is 0. The molecule has 0 spiro atoms. The summed E-state index contributed by atoms with van der Waals surface area (Å²) in [5.74, 6) is 3.67.